The van der Waals surface area contributed by atoms with Crippen molar-refractivity contribution in [1.29, 1.82) is 0 Å². The van der Waals surface area contributed by atoms with E-state index in [1.54, 1.807) is 19.0 Å². The summed E-state index contributed by atoms with van der Waals surface area (Å²) in [5.74, 6) is 0.283. The number of carbonyl (C=O) groups is 2. The Kier molecular flexibility index (Phi) is 7.29. The minimum absolute atomic E-state index is 0.138. The molecule has 0 atom stereocenters. The summed E-state index contributed by atoms with van der Waals surface area (Å²) >= 11 is 0. The van der Waals surface area contributed by atoms with Crippen LogP contribution in [-0.4, -0.2) is 55.3 Å². The fraction of sp³-hybridized carbons (Fsp3) is 0.600. The van der Waals surface area contributed by atoms with Gasteiger partial charge in [-0.05, 0) is 37.0 Å². The van der Waals surface area contributed by atoms with Crippen LogP contribution in [0.5, 0.6) is 0 Å². The molecule has 2 rings (SSSR count). The predicted octanol–water partition coefficient (Wildman–Crippen LogP) is 2.91. The minimum atomic E-state index is 0.138. The highest BCUT2D eigenvalue weighted by Crippen LogP contribution is 2.21. The normalized spacial score (nSPS) is 14.8. The van der Waals surface area contributed by atoms with Gasteiger partial charge < -0.3 is 15.1 Å². The molecular formula is C20H31N3O2. The van der Waals surface area contributed by atoms with Gasteiger partial charge in [-0.3, -0.25) is 9.59 Å². The lowest BCUT2D eigenvalue weighted by molar-refractivity contribution is -0.130. The Balaban J connectivity index is 1.76. The van der Waals surface area contributed by atoms with Crippen molar-refractivity contribution in [2.75, 3.05) is 33.0 Å². The second-order valence-corrected chi connectivity index (χ2v) is 7.14. The Bertz CT molecular complexity index is 563. The molecule has 0 bridgehead atoms. The number of nitrogens with zero attached hydrogens (tertiary/aromatic N) is 2. The van der Waals surface area contributed by atoms with E-state index in [0.717, 1.165) is 30.5 Å². The average Bonchev–Trinajstić information content (AvgIpc) is 2.64. The molecule has 2 amide bonds. The van der Waals surface area contributed by atoms with Crippen molar-refractivity contribution >= 4 is 17.5 Å². The monoisotopic (exact) mass is 345 g/mol. The molecule has 138 valence electrons. The first-order valence-electron chi connectivity index (χ1n) is 9.26. The number of rotatable bonds is 7. The van der Waals surface area contributed by atoms with Gasteiger partial charge >= 0.3 is 0 Å². The summed E-state index contributed by atoms with van der Waals surface area (Å²) in [5, 5.41) is 3.21. The molecular weight excluding hydrogens is 314 g/mol. The molecule has 5 heteroatoms. The van der Waals surface area contributed by atoms with Crippen LogP contribution in [-0.2, 0) is 16.0 Å². The number of likely N-dealkylation sites (N-methyl/N-ethyl adjacent to an activating group) is 1. The number of carbonyl (C=O) groups excluding carboxylic acids is 2. The van der Waals surface area contributed by atoms with Crippen molar-refractivity contribution in [1.82, 2.24) is 9.80 Å². The number of benzene rings is 1. The van der Waals surface area contributed by atoms with Crippen molar-refractivity contribution in [3.8, 4) is 0 Å². The molecule has 1 aliphatic carbocycles. The molecule has 0 spiro atoms. The first-order valence-corrected chi connectivity index (χ1v) is 9.26. The van der Waals surface area contributed by atoms with E-state index in [0.29, 0.717) is 19.0 Å². The summed E-state index contributed by atoms with van der Waals surface area (Å²) in [7, 11) is 5.47. The second-order valence-electron chi connectivity index (χ2n) is 7.14. The van der Waals surface area contributed by atoms with Gasteiger partial charge in [-0.1, -0.05) is 31.4 Å². The number of hydrogen-bond acceptors (Lipinski definition) is 3. The summed E-state index contributed by atoms with van der Waals surface area (Å²) in [6.07, 6.45) is 7.26. The third kappa shape index (κ3) is 6.07. The zero-order valence-corrected chi connectivity index (χ0v) is 15.8. The first-order chi connectivity index (χ1) is 12.0. The predicted molar refractivity (Wildman–Crippen MR) is 102 cm³/mol. The van der Waals surface area contributed by atoms with Crippen LogP contribution in [0.4, 0.5) is 5.69 Å². The van der Waals surface area contributed by atoms with E-state index in [-0.39, 0.29) is 11.8 Å². The number of hydrogen-bond donors (Lipinski definition) is 1. The lowest BCUT2D eigenvalue weighted by Gasteiger charge is -2.31. The Morgan fingerprint density at radius 1 is 1.00 bits per heavy atom. The molecule has 0 heterocycles. The molecule has 1 N–H and O–H groups in total. The van der Waals surface area contributed by atoms with Gasteiger partial charge in [0.05, 0.1) is 6.54 Å². The zero-order valence-electron chi connectivity index (χ0n) is 15.8. The summed E-state index contributed by atoms with van der Waals surface area (Å²) in [5.41, 5.74) is 2.07. The number of amides is 2. The molecule has 25 heavy (non-hydrogen) atoms. The number of anilines is 1. The van der Waals surface area contributed by atoms with Crippen LogP contribution in [0, 0.1) is 0 Å². The molecule has 1 aliphatic rings. The van der Waals surface area contributed by atoms with Crippen LogP contribution in [0.1, 0.15) is 44.1 Å². The maximum Gasteiger partial charge on any atom is 0.241 e. The van der Waals surface area contributed by atoms with Crippen molar-refractivity contribution in [2.45, 2.75) is 51.0 Å². The van der Waals surface area contributed by atoms with Gasteiger partial charge in [0.1, 0.15) is 0 Å². The largest absolute Gasteiger partial charge is 0.376 e. The molecule has 0 saturated heterocycles. The summed E-state index contributed by atoms with van der Waals surface area (Å²) in [6.45, 7) is 0.325. The average molecular weight is 345 g/mol. The van der Waals surface area contributed by atoms with E-state index in [2.05, 4.69) is 5.32 Å². The molecule has 1 aromatic rings. The number of aryl methyl sites for hydroxylation is 1. The maximum atomic E-state index is 12.3. The van der Waals surface area contributed by atoms with E-state index in [1.165, 1.54) is 19.3 Å². The van der Waals surface area contributed by atoms with Gasteiger partial charge in [0.2, 0.25) is 11.8 Å². The Labute approximate surface area is 151 Å². The van der Waals surface area contributed by atoms with Crippen LogP contribution in [0.2, 0.25) is 0 Å². The number of nitrogens with one attached hydrogen (secondary N) is 1. The molecule has 0 aromatic heterocycles. The third-order valence-corrected chi connectivity index (χ3v) is 5.04. The molecule has 1 fully saturated rings. The van der Waals surface area contributed by atoms with Crippen molar-refractivity contribution < 1.29 is 9.59 Å². The smallest absolute Gasteiger partial charge is 0.241 e. The van der Waals surface area contributed by atoms with Gasteiger partial charge in [0.25, 0.3) is 0 Å². The third-order valence-electron chi connectivity index (χ3n) is 5.04. The van der Waals surface area contributed by atoms with Gasteiger partial charge in [-0.15, -0.1) is 0 Å². The van der Waals surface area contributed by atoms with Crippen molar-refractivity contribution in [3.63, 3.8) is 0 Å². The standard InChI is InChI=1S/C20H31N3O2/c1-22(2)19(24)14-11-16-9-12-17(13-10-16)21-15-20(25)23(3)18-7-5-4-6-8-18/h9-10,12-13,18,21H,4-8,11,14-15H2,1-3H3. The van der Waals surface area contributed by atoms with Gasteiger partial charge in [0, 0.05) is 39.3 Å². The highest BCUT2D eigenvalue weighted by Gasteiger charge is 2.21. The molecule has 0 radical (unpaired) electrons. The molecule has 0 aliphatic heterocycles. The van der Waals surface area contributed by atoms with E-state index < -0.39 is 0 Å². The van der Waals surface area contributed by atoms with E-state index in [1.807, 2.05) is 36.2 Å². The van der Waals surface area contributed by atoms with Crippen LogP contribution >= 0.6 is 0 Å². The van der Waals surface area contributed by atoms with Crippen LogP contribution in [0.15, 0.2) is 24.3 Å². The van der Waals surface area contributed by atoms with Gasteiger partial charge in [-0.2, -0.15) is 0 Å². The zero-order chi connectivity index (χ0) is 18.2. The van der Waals surface area contributed by atoms with E-state index in [9.17, 15) is 9.59 Å². The van der Waals surface area contributed by atoms with Gasteiger partial charge in [-0.25, -0.2) is 0 Å². The Hall–Kier alpha value is -2.04. The molecule has 1 aromatic carbocycles. The van der Waals surface area contributed by atoms with Crippen LogP contribution in [0.25, 0.3) is 0 Å². The molecule has 5 nitrogen and oxygen atoms in total. The Morgan fingerprint density at radius 3 is 2.24 bits per heavy atom. The second kappa shape index (κ2) is 9.44. The fourth-order valence-electron chi connectivity index (χ4n) is 3.24. The SMILES string of the molecule is CN(C)C(=O)CCc1ccc(NCC(=O)N(C)C2CCCCC2)cc1. The van der Waals surface area contributed by atoms with E-state index >= 15 is 0 Å². The lowest BCUT2D eigenvalue weighted by Crippen LogP contribution is -2.41. The van der Waals surface area contributed by atoms with Crippen molar-refractivity contribution in [3.05, 3.63) is 29.8 Å². The van der Waals surface area contributed by atoms with Gasteiger partial charge in [0.15, 0.2) is 0 Å². The first kappa shape index (κ1) is 19.3. The minimum Gasteiger partial charge on any atom is -0.376 e. The van der Waals surface area contributed by atoms with Crippen LogP contribution < -0.4 is 5.32 Å². The van der Waals surface area contributed by atoms with Crippen LogP contribution in [0.3, 0.4) is 0 Å². The summed E-state index contributed by atoms with van der Waals surface area (Å²) in [4.78, 5) is 27.5. The summed E-state index contributed by atoms with van der Waals surface area (Å²) < 4.78 is 0. The quantitative estimate of drug-likeness (QED) is 0.827. The topological polar surface area (TPSA) is 52.7 Å². The van der Waals surface area contributed by atoms with Crippen molar-refractivity contribution in [2.24, 2.45) is 0 Å². The maximum absolute atomic E-state index is 12.3. The fourth-order valence-corrected chi connectivity index (χ4v) is 3.24. The lowest BCUT2D eigenvalue weighted by atomic mass is 9.94. The van der Waals surface area contributed by atoms with E-state index in [4.69, 9.17) is 0 Å². The molecule has 0 unspecified atom stereocenters. The molecule has 1 saturated carbocycles. The highest BCUT2D eigenvalue weighted by molar-refractivity contribution is 5.81. The summed E-state index contributed by atoms with van der Waals surface area (Å²) in [6, 6.07) is 8.38. The Morgan fingerprint density at radius 2 is 1.64 bits per heavy atom. The highest BCUT2D eigenvalue weighted by atomic mass is 16.2.